The van der Waals surface area contributed by atoms with Crippen LogP contribution in [0.1, 0.15) is 5.56 Å². The first-order chi connectivity index (χ1) is 18.1. The van der Waals surface area contributed by atoms with Crippen molar-refractivity contribution in [2.75, 3.05) is 11.9 Å². The van der Waals surface area contributed by atoms with Gasteiger partial charge >= 0.3 is 5.69 Å². The molecular formula is C24H15BrN4O8S. The van der Waals surface area contributed by atoms with Gasteiger partial charge in [-0.25, -0.2) is 0 Å². The van der Waals surface area contributed by atoms with E-state index in [2.05, 4.69) is 21.2 Å². The number of carbonyl (C=O) groups excluding carboxylic acids is 3. The summed E-state index contributed by atoms with van der Waals surface area (Å²) in [5.41, 5.74) is -0.310. The lowest BCUT2D eigenvalue weighted by Gasteiger charge is -2.13. The number of imide groups is 1. The normalized spacial score (nSPS) is 14.0. The van der Waals surface area contributed by atoms with Crippen LogP contribution in [0.15, 0.2) is 76.1 Å². The number of nitro groups is 2. The molecule has 0 saturated carbocycles. The summed E-state index contributed by atoms with van der Waals surface area (Å²) in [7, 11) is 0. The van der Waals surface area contributed by atoms with Crippen molar-refractivity contribution >= 4 is 67.9 Å². The highest BCUT2D eigenvalue weighted by atomic mass is 79.9. The summed E-state index contributed by atoms with van der Waals surface area (Å²) in [5.74, 6) is -1.42. The molecule has 3 aromatic carbocycles. The van der Waals surface area contributed by atoms with Gasteiger partial charge in [0, 0.05) is 16.1 Å². The molecule has 0 aliphatic carbocycles. The Hall–Kier alpha value is -4.56. The molecule has 0 bridgehead atoms. The maximum absolute atomic E-state index is 12.9. The second-order valence-electron chi connectivity index (χ2n) is 7.60. The Kier molecular flexibility index (Phi) is 7.83. The van der Waals surface area contributed by atoms with Crippen LogP contribution in [0.2, 0.25) is 0 Å². The molecule has 12 nitrogen and oxygen atoms in total. The van der Waals surface area contributed by atoms with Gasteiger partial charge in [0.25, 0.3) is 16.8 Å². The van der Waals surface area contributed by atoms with E-state index in [1.54, 1.807) is 42.5 Å². The summed E-state index contributed by atoms with van der Waals surface area (Å²) < 4.78 is 6.31. The fourth-order valence-corrected chi connectivity index (χ4v) is 4.55. The van der Waals surface area contributed by atoms with Gasteiger partial charge in [-0.2, -0.15) is 0 Å². The summed E-state index contributed by atoms with van der Waals surface area (Å²) in [5, 5.41) is 24.4. The lowest BCUT2D eigenvalue weighted by Crippen LogP contribution is -2.36. The van der Waals surface area contributed by atoms with Crippen molar-refractivity contribution in [1.29, 1.82) is 0 Å². The number of hydrogen-bond acceptors (Lipinski definition) is 9. The number of non-ortho nitro benzene ring substituents is 1. The van der Waals surface area contributed by atoms with Gasteiger partial charge in [-0.1, -0.05) is 30.3 Å². The molecule has 1 aliphatic heterocycles. The van der Waals surface area contributed by atoms with E-state index in [0.717, 1.165) is 23.1 Å². The first kappa shape index (κ1) is 26.5. The molecule has 192 valence electrons. The van der Waals surface area contributed by atoms with Gasteiger partial charge in [0.1, 0.15) is 12.3 Å². The lowest BCUT2D eigenvalue weighted by molar-refractivity contribution is -0.394. The Morgan fingerprint density at radius 1 is 1.00 bits per heavy atom. The van der Waals surface area contributed by atoms with Crippen molar-refractivity contribution in [3.8, 4) is 11.5 Å². The SMILES string of the molecule is O=C(CN1C(=O)S/C(=C/c2ccccc2Oc2ccc([N+](=O)[O-])cc2[N+](=O)[O-])C1=O)Nc1ccccc1Br. The fraction of sp³-hybridized carbons (Fsp3) is 0.0417. The number of hydrogen-bond donors (Lipinski definition) is 1. The molecule has 1 fully saturated rings. The molecule has 38 heavy (non-hydrogen) atoms. The summed E-state index contributed by atoms with van der Waals surface area (Å²) in [6, 6.07) is 16.1. The second kappa shape index (κ2) is 11.2. The topological polar surface area (TPSA) is 162 Å². The van der Waals surface area contributed by atoms with Crippen molar-refractivity contribution < 1.29 is 29.0 Å². The quantitative estimate of drug-likeness (QED) is 0.194. The van der Waals surface area contributed by atoms with Gasteiger partial charge in [0.2, 0.25) is 11.7 Å². The molecule has 3 aromatic rings. The van der Waals surface area contributed by atoms with Crippen LogP contribution in [-0.2, 0) is 9.59 Å². The molecule has 1 saturated heterocycles. The number of para-hydroxylation sites is 2. The summed E-state index contributed by atoms with van der Waals surface area (Å²) >= 11 is 3.93. The van der Waals surface area contributed by atoms with E-state index in [4.69, 9.17) is 4.74 Å². The zero-order valence-corrected chi connectivity index (χ0v) is 21.4. The highest BCUT2D eigenvalue weighted by Gasteiger charge is 2.36. The van der Waals surface area contributed by atoms with E-state index in [9.17, 15) is 34.6 Å². The van der Waals surface area contributed by atoms with E-state index in [0.29, 0.717) is 27.5 Å². The number of thioether (sulfide) groups is 1. The first-order valence-corrected chi connectivity index (χ1v) is 12.2. The predicted octanol–water partition coefficient (Wildman–Crippen LogP) is 5.73. The molecular weight excluding hydrogens is 584 g/mol. The van der Waals surface area contributed by atoms with Gasteiger partial charge < -0.3 is 10.1 Å². The number of ether oxygens (including phenoxy) is 1. The van der Waals surface area contributed by atoms with Crippen molar-refractivity contribution in [3.05, 3.63) is 102 Å². The summed E-state index contributed by atoms with van der Waals surface area (Å²) in [6.07, 6.45) is 1.36. The van der Waals surface area contributed by atoms with Crippen LogP contribution < -0.4 is 10.1 Å². The number of nitrogens with zero attached hydrogens (tertiary/aromatic N) is 3. The van der Waals surface area contributed by atoms with Crippen molar-refractivity contribution in [2.45, 2.75) is 0 Å². The molecule has 0 unspecified atom stereocenters. The standard InChI is InChI=1S/C24H15BrN4O8S/c25-16-6-2-3-7-17(16)26-22(30)13-27-23(31)21(38-24(27)32)11-14-5-1-4-8-19(14)37-20-10-9-15(28(33)34)12-18(20)29(35)36/h1-12H,13H2,(H,26,30)/b21-11+. The fourth-order valence-electron chi connectivity index (χ4n) is 3.33. The summed E-state index contributed by atoms with van der Waals surface area (Å²) in [4.78, 5) is 59.6. The van der Waals surface area contributed by atoms with Gasteiger partial charge in [-0.15, -0.1) is 0 Å². The Bertz CT molecular complexity index is 1530. The highest BCUT2D eigenvalue weighted by Crippen LogP contribution is 2.38. The van der Waals surface area contributed by atoms with E-state index >= 15 is 0 Å². The van der Waals surface area contributed by atoms with E-state index < -0.39 is 44.8 Å². The largest absolute Gasteiger partial charge is 0.449 e. The minimum absolute atomic E-state index is 0.0120. The maximum atomic E-state index is 12.9. The third-order valence-corrected chi connectivity index (χ3v) is 6.70. The molecule has 0 atom stereocenters. The number of benzene rings is 3. The number of nitrogens with one attached hydrogen (secondary N) is 1. The van der Waals surface area contributed by atoms with Crippen molar-refractivity contribution in [1.82, 2.24) is 4.90 Å². The molecule has 3 amide bonds. The molecule has 1 heterocycles. The minimum atomic E-state index is -0.810. The lowest BCUT2D eigenvalue weighted by atomic mass is 10.1. The Morgan fingerprint density at radius 3 is 2.42 bits per heavy atom. The molecule has 0 aromatic heterocycles. The predicted molar refractivity (Wildman–Crippen MR) is 142 cm³/mol. The minimum Gasteiger partial charge on any atom is -0.449 e. The number of carbonyl (C=O) groups is 3. The second-order valence-corrected chi connectivity index (χ2v) is 9.45. The Morgan fingerprint density at radius 2 is 1.71 bits per heavy atom. The molecule has 4 rings (SSSR count). The average molecular weight is 599 g/mol. The zero-order valence-electron chi connectivity index (χ0n) is 19.0. The van der Waals surface area contributed by atoms with E-state index in [1.165, 1.54) is 12.1 Å². The van der Waals surface area contributed by atoms with Crippen LogP contribution in [0.3, 0.4) is 0 Å². The third-order valence-electron chi connectivity index (χ3n) is 5.10. The van der Waals surface area contributed by atoms with Gasteiger partial charge in [0.15, 0.2) is 0 Å². The molecule has 1 aliphatic rings. The zero-order chi connectivity index (χ0) is 27.4. The van der Waals surface area contributed by atoms with E-state index in [1.807, 2.05) is 0 Å². The van der Waals surface area contributed by atoms with Crippen LogP contribution >= 0.6 is 27.7 Å². The Balaban J connectivity index is 1.55. The average Bonchev–Trinajstić information content (AvgIpc) is 3.13. The van der Waals surface area contributed by atoms with Gasteiger partial charge in [-0.3, -0.25) is 39.5 Å². The number of anilines is 1. The Labute approximate surface area is 226 Å². The van der Waals surface area contributed by atoms with Crippen LogP contribution in [0, 0.1) is 20.2 Å². The molecule has 0 spiro atoms. The van der Waals surface area contributed by atoms with Crippen LogP contribution in [-0.4, -0.2) is 38.3 Å². The van der Waals surface area contributed by atoms with E-state index in [-0.39, 0.29) is 16.4 Å². The molecule has 14 heteroatoms. The van der Waals surface area contributed by atoms with Gasteiger partial charge in [0.05, 0.1) is 26.5 Å². The van der Waals surface area contributed by atoms with Crippen molar-refractivity contribution in [3.63, 3.8) is 0 Å². The summed E-state index contributed by atoms with van der Waals surface area (Å²) in [6.45, 7) is -0.503. The van der Waals surface area contributed by atoms with Crippen LogP contribution in [0.5, 0.6) is 11.5 Å². The molecule has 0 radical (unpaired) electrons. The van der Waals surface area contributed by atoms with Gasteiger partial charge in [-0.05, 0) is 58.0 Å². The number of nitro benzene ring substituents is 2. The maximum Gasteiger partial charge on any atom is 0.318 e. The third kappa shape index (κ3) is 5.87. The first-order valence-electron chi connectivity index (χ1n) is 10.6. The number of halogens is 1. The smallest absolute Gasteiger partial charge is 0.318 e. The monoisotopic (exact) mass is 598 g/mol. The van der Waals surface area contributed by atoms with Crippen molar-refractivity contribution in [2.24, 2.45) is 0 Å². The molecule has 1 N–H and O–H groups in total. The van der Waals surface area contributed by atoms with Crippen LogP contribution in [0.4, 0.5) is 21.9 Å². The number of rotatable bonds is 8. The van der Waals surface area contributed by atoms with Crippen LogP contribution in [0.25, 0.3) is 6.08 Å². The highest BCUT2D eigenvalue weighted by molar-refractivity contribution is 9.10. The number of amides is 3.